The summed E-state index contributed by atoms with van der Waals surface area (Å²) in [5.74, 6) is 0.376. The number of nitrogen functional groups attached to an aromatic ring is 1. The Morgan fingerprint density at radius 2 is 1.95 bits per heavy atom. The number of hydrogen-bond acceptors (Lipinski definition) is 4. The smallest absolute Gasteiger partial charge is 0.245 e. The van der Waals surface area contributed by atoms with Crippen LogP contribution in [-0.4, -0.2) is 51.4 Å². The van der Waals surface area contributed by atoms with Gasteiger partial charge in [-0.3, -0.25) is 0 Å². The Morgan fingerprint density at radius 1 is 1.38 bits per heavy atom. The summed E-state index contributed by atoms with van der Waals surface area (Å²) < 4.78 is 27.9. The highest BCUT2D eigenvalue weighted by molar-refractivity contribution is 9.11. The molecule has 1 aliphatic rings. The van der Waals surface area contributed by atoms with E-state index in [9.17, 15) is 8.42 Å². The highest BCUT2D eigenvalue weighted by atomic mass is 79.9. The molecule has 1 aromatic carbocycles. The second-order valence-electron chi connectivity index (χ2n) is 5.52. The van der Waals surface area contributed by atoms with Gasteiger partial charge < -0.3 is 10.6 Å². The standard InChI is InChI=1S/C13H19Br2N3O2S/c1-17-4-3-9(7-17)8-18(2)21(19,20)13-11(14)5-10(16)6-12(13)15/h5-6,9H,3-4,7-8,16H2,1-2H3. The molecular weight excluding hydrogens is 422 g/mol. The Morgan fingerprint density at radius 3 is 2.43 bits per heavy atom. The van der Waals surface area contributed by atoms with E-state index in [1.807, 2.05) is 0 Å². The van der Waals surface area contributed by atoms with Gasteiger partial charge in [-0.1, -0.05) is 0 Å². The van der Waals surface area contributed by atoms with E-state index in [-0.39, 0.29) is 4.90 Å². The van der Waals surface area contributed by atoms with Gasteiger partial charge in [0, 0.05) is 34.8 Å². The first-order chi connectivity index (χ1) is 9.71. The molecule has 0 amide bonds. The van der Waals surface area contributed by atoms with Crippen LogP contribution in [-0.2, 0) is 10.0 Å². The molecule has 2 N–H and O–H groups in total. The van der Waals surface area contributed by atoms with Gasteiger partial charge in [0.2, 0.25) is 10.0 Å². The van der Waals surface area contributed by atoms with Gasteiger partial charge in [-0.05, 0) is 69.9 Å². The lowest BCUT2D eigenvalue weighted by atomic mass is 10.1. The zero-order valence-electron chi connectivity index (χ0n) is 12.0. The van der Waals surface area contributed by atoms with Gasteiger partial charge in [-0.25, -0.2) is 12.7 Å². The number of anilines is 1. The van der Waals surface area contributed by atoms with Gasteiger partial charge in [0.15, 0.2) is 0 Å². The SMILES string of the molecule is CN1CCC(CN(C)S(=O)(=O)c2c(Br)cc(N)cc2Br)C1. The Balaban J connectivity index is 2.25. The van der Waals surface area contributed by atoms with E-state index in [4.69, 9.17) is 5.73 Å². The van der Waals surface area contributed by atoms with Crippen molar-refractivity contribution in [3.63, 3.8) is 0 Å². The number of benzene rings is 1. The van der Waals surface area contributed by atoms with Crippen LogP contribution < -0.4 is 5.73 Å². The van der Waals surface area contributed by atoms with Crippen LogP contribution in [0.4, 0.5) is 5.69 Å². The van der Waals surface area contributed by atoms with E-state index in [0.29, 0.717) is 27.1 Å². The topological polar surface area (TPSA) is 66.6 Å². The first-order valence-corrected chi connectivity index (χ1v) is 9.64. The van der Waals surface area contributed by atoms with Crippen LogP contribution in [0, 0.1) is 5.92 Å². The Hall–Kier alpha value is -0.150. The van der Waals surface area contributed by atoms with Crippen LogP contribution in [0.1, 0.15) is 6.42 Å². The van der Waals surface area contributed by atoms with Gasteiger partial charge in [0.05, 0.1) is 0 Å². The van der Waals surface area contributed by atoms with Crippen molar-refractivity contribution < 1.29 is 8.42 Å². The Labute approximate surface area is 142 Å². The molecule has 1 saturated heterocycles. The fourth-order valence-electron chi connectivity index (χ4n) is 2.62. The molecule has 0 bridgehead atoms. The summed E-state index contributed by atoms with van der Waals surface area (Å²) in [6, 6.07) is 3.21. The molecule has 0 radical (unpaired) electrons. The quantitative estimate of drug-likeness (QED) is 0.729. The molecule has 1 unspecified atom stereocenters. The maximum Gasteiger partial charge on any atom is 0.245 e. The molecule has 5 nitrogen and oxygen atoms in total. The van der Waals surface area contributed by atoms with Crippen molar-refractivity contribution in [1.29, 1.82) is 0 Å². The van der Waals surface area contributed by atoms with Crippen molar-refractivity contribution in [2.24, 2.45) is 5.92 Å². The van der Waals surface area contributed by atoms with Crippen molar-refractivity contribution in [2.45, 2.75) is 11.3 Å². The predicted octanol–water partition coefficient (Wildman–Crippen LogP) is 2.37. The lowest BCUT2D eigenvalue weighted by molar-refractivity contribution is 0.356. The third-order valence-corrected chi connectivity index (χ3v) is 7.39. The number of nitrogens with zero attached hydrogens (tertiary/aromatic N) is 2. The predicted molar refractivity (Wildman–Crippen MR) is 91.7 cm³/mol. The summed E-state index contributed by atoms with van der Waals surface area (Å²) >= 11 is 6.60. The number of likely N-dealkylation sites (tertiary alicyclic amines) is 1. The minimum atomic E-state index is -3.56. The van der Waals surface area contributed by atoms with Crippen LogP contribution in [0.25, 0.3) is 0 Å². The zero-order chi connectivity index (χ0) is 15.8. The molecule has 21 heavy (non-hydrogen) atoms. The van der Waals surface area contributed by atoms with E-state index < -0.39 is 10.0 Å². The molecule has 1 aliphatic heterocycles. The third kappa shape index (κ3) is 3.79. The monoisotopic (exact) mass is 439 g/mol. The largest absolute Gasteiger partial charge is 0.399 e. The van der Waals surface area contributed by atoms with Gasteiger partial charge in [-0.15, -0.1) is 0 Å². The number of nitrogens with two attached hydrogens (primary N) is 1. The summed E-state index contributed by atoms with van der Waals surface area (Å²) in [6.45, 7) is 2.48. The van der Waals surface area contributed by atoms with Gasteiger partial charge in [0.1, 0.15) is 4.90 Å². The molecule has 0 saturated carbocycles. The number of sulfonamides is 1. The Kier molecular flexibility index (Phi) is 5.36. The van der Waals surface area contributed by atoms with E-state index in [2.05, 4.69) is 43.8 Å². The molecular formula is C13H19Br2N3O2S. The van der Waals surface area contributed by atoms with Crippen molar-refractivity contribution >= 4 is 47.6 Å². The minimum absolute atomic E-state index is 0.227. The highest BCUT2D eigenvalue weighted by Gasteiger charge is 2.30. The van der Waals surface area contributed by atoms with E-state index in [0.717, 1.165) is 19.5 Å². The molecule has 0 spiro atoms. The molecule has 0 aromatic heterocycles. The van der Waals surface area contributed by atoms with Crippen LogP contribution in [0.3, 0.4) is 0 Å². The molecule has 118 valence electrons. The molecule has 1 fully saturated rings. The van der Waals surface area contributed by atoms with Crippen LogP contribution >= 0.6 is 31.9 Å². The van der Waals surface area contributed by atoms with Crippen LogP contribution in [0.5, 0.6) is 0 Å². The average molecular weight is 441 g/mol. The van der Waals surface area contributed by atoms with Gasteiger partial charge >= 0.3 is 0 Å². The maximum absolute atomic E-state index is 12.8. The lowest BCUT2D eigenvalue weighted by Gasteiger charge is -2.22. The molecule has 0 aliphatic carbocycles. The molecule has 1 atom stereocenters. The third-order valence-electron chi connectivity index (χ3n) is 3.69. The summed E-state index contributed by atoms with van der Waals surface area (Å²) in [7, 11) is 0.129. The number of rotatable bonds is 4. The number of halogens is 2. The molecule has 8 heteroatoms. The normalized spacial score (nSPS) is 20.3. The van der Waals surface area contributed by atoms with Crippen molar-refractivity contribution in [3.8, 4) is 0 Å². The average Bonchev–Trinajstić information content (AvgIpc) is 2.72. The second kappa shape index (κ2) is 6.54. The first-order valence-electron chi connectivity index (χ1n) is 6.61. The van der Waals surface area contributed by atoms with Crippen molar-refractivity contribution in [1.82, 2.24) is 9.21 Å². The molecule has 2 rings (SSSR count). The summed E-state index contributed by atoms with van der Waals surface area (Å²) in [4.78, 5) is 2.45. The number of hydrogen-bond donors (Lipinski definition) is 1. The van der Waals surface area contributed by atoms with Gasteiger partial charge in [-0.2, -0.15) is 0 Å². The van der Waals surface area contributed by atoms with E-state index in [1.165, 1.54) is 4.31 Å². The zero-order valence-corrected chi connectivity index (χ0v) is 16.0. The first kappa shape index (κ1) is 17.2. The summed E-state index contributed by atoms with van der Waals surface area (Å²) in [5.41, 5.74) is 6.23. The highest BCUT2D eigenvalue weighted by Crippen LogP contribution is 2.34. The maximum atomic E-state index is 12.8. The summed E-state index contributed by atoms with van der Waals surface area (Å²) in [6.07, 6.45) is 1.03. The molecule has 1 aromatic rings. The fourth-order valence-corrected chi connectivity index (χ4v) is 6.40. The van der Waals surface area contributed by atoms with Crippen molar-refractivity contribution in [2.75, 3.05) is 39.5 Å². The summed E-state index contributed by atoms with van der Waals surface area (Å²) in [5, 5.41) is 0. The van der Waals surface area contributed by atoms with Gasteiger partial charge in [0.25, 0.3) is 0 Å². The Bertz CT molecular complexity index is 613. The van der Waals surface area contributed by atoms with Crippen LogP contribution in [0.15, 0.2) is 26.0 Å². The van der Waals surface area contributed by atoms with E-state index in [1.54, 1.807) is 19.2 Å². The second-order valence-corrected chi connectivity index (χ2v) is 9.21. The van der Waals surface area contributed by atoms with E-state index >= 15 is 0 Å². The lowest BCUT2D eigenvalue weighted by Crippen LogP contribution is -2.33. The van der Waals surface area contributed by atoms with Crippen molar-refractivity contribution in [3.05, 3.63) is 21.1 Å². The van der Waals surface area contributed by atoms with Crippen LogP contribution in [0.2, 0.25) is 0 Å². The molecule has 1 heterocycles. The fraction of sp³-hybridized carbons (Fsp3) is 0.538. The minimum Gasteiger partial charge on any atom is -0.399 e.